The first kappa shape index (κ1) is 18.3. The maximum atomic E-state index is 12.0. The number of nitrogens with one attached hydrogen (secondary N) is 2. The van der Waals surface area contributed by atoms with Gasteiger partial charge in [0.25, 0.3) is 0 Å². The maximum Gasteiger partial charge on any atom is 0.319 e. The zero-order valence-electron chi connectivity index (χ0n) is 14.5. The van der Waals surface area contributed by atoms with Crippen LogP contribution in [0.4, 0.5) is 16.2 Å². The highest BCUT2D eigenvalue weighted by atomic mass is 16.3. The van der Waals surface area contributed by atoms with Gasteiger partial charge in [-0.25, -0.2) is 4.79 Å². The van der Waals surface area contributed by atoms with Crippen LogP contribution in [0.5, 0.6) is 0 Å². The summed E-state index contributed by atoms with van der Waals surface area (Å²) in [6.07, 6.45) is 0.268. The predicted molar refractivity (Wildman–Crippen MR) is 92.6 cm³/mol. The summed E-state index contributed by atoms with van der Waals surface area (Å²) in [4.78, 5) is 14.0. The molecule has 1 aromatic carbocycles. The Bertz CT molecular complexity index is 511. The van der Waals surface area contributed by atoms with E-state index in [1.807, 2.05) is 58.0 Å². The summed E-state index contributed by atoms with van der Waals surface area (Å²) in [5.41, 5.74) is 2.78. The van der Waals surface area contributed by atoms with Crippen LogP contribution < -0.4 is 15.5 Å². The fourth-order valence-corrected chi connectivity index (χ4v) is 2.42. The van der Waals surface area contributed by atoms with Crippen molar-refractivity contribution in [2.75, 3.05) is 30.9 Å². The van der Waals surface area contributed by atoms with Crippen LogP contribution in [0.2, 0.25) is 0 Å². The first-order chi connectivity index (χ1) is 10.1. The van der Waals surface area contributed by atoms with Gasteiger partial charge in [-0.05, 0) is 49.4 Å². The van der Waals surface area contributed by atoms with E-state index in [-0.39, 0.29) is 17.6 Å². The van der Waals surface area contributed by atoms with E-state index >= 15 is 0 Å². The van der Waals surface area contributed by atoms with Gasteiger partial charge in [0.15, 0.2) is 0 Å². The van der Waals surface area contributed by atoms with Crippen LogP contribution in [0.25, 0.3) is 0 Å². The smallest absolute Gasteiger partial charge is 0.319 e. The molecule has 124 valence electrons. The Morgan fingerprint density at radius 1 is 1.36 bits per heavy atom. The summed E-state index contributed by atoms with van der Waals surface area (Å²) in [6, 6.07) is 5.69. The Balaban J connectivity index is 2.59. The van der Waals surface area contributed by atoms with E-state index < -0.39 is 0 Å². The predicted octanol–water partition coefficient (Wildman–Crippen LogP) is 2.98. The van der Waals surface area contributed by atoms with Gasteiger partial charge in [0.2, 0.25) is 0 Å². The number of nitrogens with zero attached hydrogens (tertiary/aromatic N) is 1. The molecule has 5 heteroatoms. The van der Waals surface area contributed by atoms with Crippen LogP contribution >= 0.6 is 0 Å². The van der Waals surface area contributed by atoms with Crippen molar-refractivity contribution < 1.29 is 9.90 Å². The van der Waals surface area contributed by atoms with Crippen LogP contribution in [0, 0.1) is 12.3 Å². The largest absolute Gasteiger partial charge is 0.393 e. The lowest BCUT2D eigenvalue weighted by atomic mass is 9.87. The number of aliphatic hydroxyl groups excluding tert-OH is 1. The van der Waals surface area contributed by atoms with Crippen molar-refractivity contribution in [2.45, 2.75) is 40.2 Å². The number of aryl methyl sites for hydroxylation is 1. The highest BCUT2D eigenvalue weighted by Gasteiger charge is 2.21. The molecule has 2 amide bonds. The number of benzene rings is 1. The molecule has 0 aliphatic carbocycles. The molecule has 0 aromatic heterocycles. The Hall–Kier alpha value is -1.75. The quantitative estimate of drug-likeness (QED) is 0.757. The average molecular weight is 307 g/mol. The zero-order chi connectivity index (χ0) is 16.9. The summed E-state index contributed by atoms with van der Waals surface area (Å²) in [5.74, 6) is 0. The van der Waals surface area contributed by atoms with Crippen molar-refractivity contribution in [3.8, 4) is 0 Å². The standard InChI is InChI=1S/C17H29N3O2/c1-12-9-14(20(5)6)7-8-15(12)19-16(22)18-11-17(3,4)10-13(2)21/h7-9,13,21H,10-11H2,1-6H3,(H2,18,19,22). The van der Waals surface area contributed by atoms with Crippen molar-refractivity contribution >= 4 is 17.4 Å². The van der Waals surface area contributed by atoms with Crippen LogP contribution in [0.3, 0.4) is 0 Å². The van der Waals surface area contributed by atoms with Crippen molar-refractivity contribution in [2.24, 2.45) is 5.41 Å². The minimum absolute atomic E-state index is 0.144. The minimum Gasteiger partial charge on any atom is -0.393 e. The van der Waals surface area contributed by atoms with E-state index in [0.717, 1.165) is 16.9 Å². The van der Waals surface area contributed by atoms with Gasteiger partial charge in [-0.15, -0.1) is 0 Å². The van der Waals surface area contributed by atoms with Crippen molar-refractivity contribution in [3.63, 3.8) is 0 Å². The maximum absolute atomic E-state index is 12.0. The summed E-state index contributed by atoms with van der Waals surface area (Å²) in [6.45, 7) is 8.30. The first-order valence-electron chi connectivity index (χ1n) is 7.61. The molecule has 1 aromatic rings. The monoisotopic (exact) mass is 307 g/mol. The third-order valence-corrected chi connectivity index (χ3v) is 3.55. The number of hydrogen-bond acceptors (Lipinski definition) is 3. The second kappa shape index (κ2) is 7.49. The summed E-state index contributed by atoms with van der Waals surface area (Å²) in [7, 11) is 3.97. The van der Waals surface area contributed by atoms with Crippen molar-refractivity contribution in [1.29, 1.82) is 0 Å². The van der Waals surface area contributed by atoms with Gasteiger partial charge < -0.3 is 20.6 Å². The molecule has 0 spiro atoms. The molecule has 0 saturated heterocycles. The Morgan fingerprint density at radius 3 is 2.50 bits per heavy atom. The number of amides is 2. The summed E-state index contributed by atoms with van der Waals surface area (Å²) in [5, 5.41) is 15.2. The molecule has 1 atom stereocenters. The lowest BCUT2D eigenvalue weighted by Crippen LogP contribution is -2.38. The molecule has 0 bridgehead atoms. The van der Waals surface area contributed by atoms with Crippen molar-refractivity contribution in [1.82, 2.24) is 5.32 Å². The molecule has 0 saturated carbocycles. The Labute approximate surface area is 133 Å². The molecular formula is C17H29N3O2. The van der Waals surface area contributed by atoms with Crippen molar-refractivity contribution in [3.05, 3.63) is 23.8 Å². The van der Waals surface area contributed by atoms with E-state index in [2.05, 4.69) is 10.6 Å². The Kier molecular flexibility index (Phi) is 6.23. The second-order valence-electron chi connectivity index (χ2n) is 6.92. The van der Waals surface area contributed by atoms with Crippen LogP contribution in [-0.2, 0) is 0 Å². The molecular weight excluding hydrogens is 278 g/mol. The number of hydrogen-bond donors (Lipinski definition) is 3. The topological polar surface area (TPSA) is 64.6 Å². The molecule has 5 nitrogen and oxygen atoms in total. The molecule has 1 rings (SSSR count). The summed E-state index contributed by atoms with van der Waals surface area (Å²) < 4.78 is 0. The molecule has 22 heavy (non-hydrogen) atoms. The van der Waals surface area contributed by atoms with E-state index in [1.165, 1.54) is 0 Å². The Morgan fingerprint density at radius 2 is 2.00 bits per heavy atom. The number of carbonyl (C=O) groups is 1. The molecule has 0 fully saturated rings. The molecule has 1 unspecified atom stereocenters. The average Bonchev–Trinajstić information content (AvgIpc) is 2.37. The molecule has 0 aliphatic heterocycles. The van der Waals surface area contributed by atoms with Gasteiger partial charge in [0.05, 0.1) is 6.10 Å². The van der Waals surface area contributed by atoms with Gasteiger partial charge in [-0.1, -0.05) is 13.8 Å². The number of rotatable bonds is 6. The van der Waals surface area contributed by atoms with Crippen LogP contribution in [-0.4, -0.2) is 37.9 Å². The van der Waals surface area contributed by atoms with E-state index in [1.54, 1.807) is 6.92 Å². The van der Waals surface area contributed by atoms with E-state index in [0.29, 0.717) is 13.0 Å². The number of carbonyl (C=O) groups excluding carboxylic acids is 1. The van der Waals surface area contributed by atoms with Crippen LogP contribution in [0.15, 0.2) is 18.2 Å². The molecule has 3 N–H and O–H groups in total. The van der Waals surface area contributed by atoms with Gasteiger partial charge in [0.1, 0.15) is 0 Å². The SMILES string of the molecule is Cc1cc(N(C)C)ccc1NC(=O)NCC(C)(C)CC(C)O. The number of anilines is 2. The lowest BCUT2D eigenvalue weighted by molar-refractivity contribution is 0.129. The minimum atomic E-state index is -0.374. The summed E-state index contributed by atoms with van der Waals surface area (Å²) >= 11 is 0. The lowest BCUT2D eigenvalue weighted by Gasteiger charge is -2.26. The second-order valence-corrected chi connectivity index (χ2v) is 6.92. The van der Waals surface area contributed by atoms with E-state index in [4.69, 9.17) is 0 Å². The van der Waals surface area contributed by atoms with Gasteiger partial charge >= 0.3 is 6.03 Å². The molecule has 0 radical (unpaired) electrons. The van der Waals surface area contributed by atoms with Gasteiger partial charge in [-0.2, -0.15) is 0 Å². The third kappa shape index (κ3) is 5.93. The van der Waals surface area contributed by atoms with Crippen LogP contribution in [0.1, 0.15) is 32.8 Å². The molecule has 0 aliphatic rings. The first-order valence-corrected chi connectivity index (χ1v) is 7.61. The highest BCUT2D eigenvalue weighted by molar-refractivity contribution is 5.90. The highest BCUT2D eigenvalue weighted by Crippen LogP contribution is 2.22. The molecule has 0 heterocycles. The number of urea groups is 1. The fraction of sp³-hybridized carbons (Fsp3) is 0.588. The van der Waals surface area contributed by atoms with E-state index in [9.17, 15) is 9.90 Å². The fourth-order valence-electron chi connectivity index (χ4n) is 2.42. The third-order valence-electron chi connectivity index (χ3n) is 3.55. The normalized spacial score (nSPS) is 12.7. The number of aliphatic hydroxyl groups is 1. The van der Waals surface area contributed by atoms with Gasteiger partial charge in [-0.3, -0.25) is 0 Å². The zero-order valence-corrected chi connectivity index (χ0v) is 14.5. The van der Waals surface area contributed by atoms with Gasteiger partial charge in [0, 0.05) is 32.0 Å².